The van der Waals surface area contributed by atoms with Crippen molar-refractivity contribution in [3.63, 3.8) is 0 Å². The van der Waals surface area contributed by atoms with Crippen LogP contribution in [-0.2, 0) is 13.0 Å². The van der Waals surface area contributed by atoms with Gasteiger partial charge in [-0.3, -0.25) is 0 Å². The summed E-state index contributed by atoms with van der Waals surface area (Å²) in [4.78, 5) is 0. The number of benzene rings is 1. The minimum absolute atomic E-state index is 0.0969. The zero-order valence-corrected chi connectivity index (χ0v) is 8.23. The highest BCUT2D eigenvalue weighted by Crippen LogP contribution is 2.13. The molecule has 0 heterocycles. The van der Waals surface area contributed by atoms with Crippen molar-refractivity contribution in [2.45, 2.75) is 26.8 Å². The summed E-state index contributed by atoms with van der Waals surface area (Å²) in [5, 5.41) is 3.14. The number of nitrogens with one attached hydrogen (secondary N) is 1. The van der Waals surface area contributed by atoms with Gasteiger partial charge in [-0.2, -0.15) is 0 Å². The lowest BCUT2D eigenvalue weighted by molar-refractivity contribution is 0.589. The van der Waals surface area contributed by atoms with Crippen molar-refractivity contribution >= 4 is 0 Å². The van der Waals surface area contributed by atoms with Crippen LogP contribution < -0.4 is 5.32 Å². The van der Waals surface area contributed by atoms with E-state index >= 15 is 0 Å². The van der Waals surface area contributed by atoms with Gasteiger partial charge in [-0.05, 0) is 24.6 Å². The summed E-state index contributed by atoms with van der Waals surface area (Å²) < 4.78 is 13.3. The molecule has 72 valence electrons. The van der Waals surface area contributed by atoms with E-state index in [0.717, 1.165) is 24.1 Å². The van der Waals surface area contributed by atoms with E-state index in [4.69, 9.17) is 0 Å². The molecule has 0 saturated heterocycles. The quantitative estimate of drug-likeness (QED) is 0.752. The van der Waals surface area contributed by atoms with E-state index in [1.54, 1.807) is 6.07 Å². The number of halogens is 1. The van der Waals surface area contributed by atoms with Crippen LogP contribution in [0.15, 0.2) is 18.2 Å². The summed E-state index contributed by atoms with van der Waals surface area (Å²) in [6.45, 7) is 5.57. The van der Waals surface area contributed by atoms with E-state index < -0.39 is 0 Å². The molecule has 1 N–H and O–H groups in total. The summed E-state index contributed by atoms with van der Waals surface area (Å²) in [5.74, 6) is -0.0969. The maximum atomic E-state index is 13.3. The fourth-order valence-corrected chi connectivity index (χ4v) is 1.38. The molecule has 0 amide bonds. The lowest BCUT2D eigenvalue weighted by Crippen LogP contribution is -2.14. The van der Waals surface area contributed by atoms with Gasteiger partial charge in [0.1, 0.15) is 5.82 Å². The minimum atomic E-state index is -0.0969. The van der Waals surface area contributed by atoms with Crippen molar-refractivity contribution in [2.75, 3.05) is 6.54 Å². The standard InChI is InChI=1S/C11H16FN/c1-3-9-6-5-7-11(12)10(9)8-13-4-2/h5-7,13H,3-4,8H2,1-2H3. The minimum Gasteiger partial charge on any atom is -0.313 e. The van der Waals surface area contributed by atoms with Gasteiger partial charge in [-0.1, -0.05) is 26.0 Å². The van der Waals surface area contributed by atoms with Crippen LogP contribution in [0.5, 0.6) is 0 Å². The van der Waals surface area contributed by atoms with Crippen molar-refractivity contribution in [3.8, 4) is 0 Å². The van der Waals surface area contributed by atoms with Gasteiger partial charge >= 0.3 is 0 Å². The second kappa shape index (κ2) is 4.97. The molecule has 0 bridgehead atoms. The molecule has 0 unspecified atom stereocenters. The van der Waals surface area contributed by atoms with Crippen molar-refractivity contribution in [3.05, 3.63) is 35.1 Å². The molecule has 0 aromatic heterocycles. The molecule has 1 aromatic carbocycles. The average Bonchev–Trinajstić information content (AvgIpc) is 2.15. The number of hydrogen-bond acceptors (Lipinski definition) is 1. The second-order valence-corrected chi connectivity index (χ2v) is 3.01. The highest BCUT2D eigenvalue weighted by molar-refractivity contribution is 5.28. The van der Waals surface area contributed by atoms with E-state index in [0.29, 0.717) is 6.54 Å². The van der Waals surface area contributed by atoms with Crippen LogP contribution in [0.4, 0.5) is 4.39 Å². The monoisotopic (exact) mass is 181 g/mol. The predicted molar refractivity (Wildman–Crippen MR) is 53.2 cm³/mol. The molecule has 0 radical (unpaired) electrons. The first-order valence-electron chi connectivity index (χ1n) is 4.76. The van der Waals surface area contributed by atoms with Gasteiger partial charge in [-0.25, -0.2) is 4.39 Å². The van der Waals surface area contributed by atoms with Gasteiger partial charge in [0.05, 0.1) is 0 Å². The molecular weight excluding hydrogens is 165 g/mol. The maximum Gasteiger partial charge on any atom is 0.127 e. The van der Waals surface area contributed by atoms with Crippen molar-refractivity contribution in [1.82, 2.24) is 5.32 Å². The SMILES string of the molecule is CCNCc1c(F)cccc1CC. The Balaban J connectivity index is 2.87. The molecule has 0 aliphatic carbocycles. The maximum absolute atomic E-state index is 13.3. The largest absolute Gasteiger partial charge is 0.313 e. The van der Waals surface area contributed by atoms with Crippen molar-refractivity contribution in [2.24, 2.45) is 0 Å². The molecule has 1 aromatic rings. The van der Waals surface area contributed by atoms with Gasteiger partial charge < -0.3 is 5.32 Å². The van der Waals surface area contributed by atoms with Gasteiger partial charge in [0, 0.05) is 12.1 Å². The fourth-order valence-electron chi connectivity index (χ4n) is 1.38. The van der Waals surface area contributed by atoms with Gasteiger partial charge in [-0.15, -0.1) is 0 Å². The Kier molecular flexibility index (Phi) is 3.90. The van der Waals surface area contributed by atoms with Crippen molar-refractivity contribution in [1.29, 1.82) is 0 Å². The van der Waals surface area contributed by atoms with Crippen LogP contribution in [0.25, 0.3) is 0 Å². The third kappa shape index (κ3) is 2.52. The summed E-state index contributed by atoms with van der Waals surface area (Å²) in [7, 11) is 0. The van der Waals surface area contributed by atoms with Crippen LogP contribution in [0, 0.1) is 5.82 Å². The summed E-state index contributed by atoms with van der Waals surface area (Å²) >= 11 is 0. The zero-order valence-electron chi connectivity index (χ0n) is 8.23. The molecule has 13 heavy (non-hydrogen) atoms. The van der Waals surface area contributed by atoms with E-state index in [1.807, 2.05) is 19.9 Å². The first-order chi connectivity index (χ1) is 6.29. The Bertz CT molecular complexity index is 271. The highest BCUT2D eigenvalue weighted by Gasteiger charge is 2.05. The van der Waals surface area contributed by atoms with E-state index in [2.05, 4.69) is 5.32 Å². The second-order valence-electron chi connectivity index (χ2n) is 3.01. The Morgan fingerprint density at radius 3 is 2.69 bits per heavy atom. The van der Waals surface area contributed by atoms with Crippen LogP contribution in [0.3, 0.4) is 0 Å². The van der Waals surface area contributed by atoms with Gasteiger partial charge in [0.15, 0.2) is 0 Å². The van der Waals surface area contributed by atoms with E-state index in [1.165, 1.54) is 6.07 Å². The molecule has 0 spiro atoms. The first kappa shape index (κ1) is 10.2. The molecule has 2 heteroatoms. The van der Waals surface area contributed by atoms with Crippen LogP contribution in [0.1, 0.15) is 25.0 Å². The normalized spacial score (nSPS) is 10.4. The molecular formula is C11H16FN. The van der Waals surface area contributed by atoms with E-state index in [9.17, 15) is 4.39 Å². The molecule has 0 fully saturated rings. The van der Waals surface area contributed by atoms with Crippen molar-refractivity contribution < 1.29 is 4.39 Å². The molecule has 0 aliphatic heterocycles. The topological polar surface area (TPSA) is 12.0 Å². The first-order valence-corrected chi connectivity index (χ1v) is 4.76. The number of rotatable bonds is 4. The summed E-state index contributed by atoms with van der Waals surface area (Å²) in [6.07, 6.45) is 0.887. The van der Waals surface area contributed by atoms with Gasteiger partial charge in [0.2, 0.25) is 0 Å². The Hall–Kier alpha value is -0.890. The summed E-state index contributed by atoms with van der Waals surface area (Å²) in [6, 6.07) is 5.27. The molecule has 0 saturated carbocycles. The average molecular weight is 181 g/mol. The van der Waals surface area contributed by atoms with Crippen LogP contribution in [-0.4, -0.2) is 6.54 Å². The van der Waals surface area contributed by atoms with Crippen LogP contribution >= 0.6 is 0 Å². The lowest BCUT2D eigenvalue weighted by atomic mass is 10.0. The molecule has 0 atom stereocenters. The molecule has 0 aliphatic rings. The van der Waals surface area contributed by atoms with Gasteiger partial charge in [0.25, 0.3) is 0 Å². The molecule has 1 rings (SSSR count). The highest BCUT2D eigenvalue weighted by atomic mass is 19.1. The number of hydrogen-bond donors (Lipinski definition) is 1. The summed E-state index contributed by atoms with van der Waals surface area (Å²) in [5.41, 5.74) is 1.91. The Morgan fingerprint density at radius 2 is 2.08 bits per heavy atom. The smallest absolute Gasteiger partial charge is 0.127 e. The third-order valence-corrected chi connectivity index (χ3v) is 2.15. The van der Waals surface area contributed by atoms with Crippen LogP contribution in [0.2, 0.25) is 0 Å². The lowest BCUT2D eigenvalue weighted by Gasteiger charge is -2.08. The predicted octanol–water partition coefficient (Wildman–Crippen LogP) is 2.50. The third-order valence-electron chi connectivity index (χ3n) is 2.15. The Labute approximate surface area is 79.0 Å². The van der Waals surface area contributed by atoms with E-state index in [-0.39, 0.29) is 5.82 Å². The zero-order chi connectivity index (χ0) is 9.68. The fraction of sp³-hybridized carbons (Fsp3) is 0.455. The molecule has 1 nitrogen and oxygen atoms in total. The Morgan fingerprint density at radius 1 is 1.31 bits per heavy atom. The number of aryl methyl sites for hydroxylation is 1.